The van der Waals surface area contributed by atoms with Gasteiger partial charge in [0.05, 0.1) is 12.7 Å². The highest BCUT2D eigenvalue weighted by atomic mass is 16.5. The Morgan fingerprint density at radius 3 is 2.15 bits per heavy atom. The van der Waals surface area contributed by atoms with Gasteiger partial charge in [-0.1, -0.05) is 42.5 Å². The number of aliphatic carboxylic acids is 1. The van der Waals surface area contributed by atoms with Gasteiger partial charge in [0.2, 0.25) is 0 Å². The maximum absolute atomic E-state index is 12.1. The summed E-state index contributed by atoms with van der Waals surface area (Å²) in [6, 6.07) is 12.7. The molecule has 1 saturated heterocycles. The minimum atomic E-state index is -0.896. The third kappa shape index (κ3) is 3.84. The van der Waals surface area contributed by atoms with Gasteiger partial charge in [-0.15, -0.1) is 0 Å². The second kappa shape index (κ2) is 7.71. The SMILES string of the molecule is COc1c(C)cc(C(C(=O)O)N2CCC(O)(c3ccccc3)CC2)cc1C. The Labute approximate surface area is 160 Å². The van der Waals surface area contributed by atoms with E-state index in [2.05, 4.69) is 0 Å². The Bertz CT molecular complexity index is 787. The van der Waals surface area contributed by atoms with E-state index in [1.807, 2.05) is 61.2 Å². The highest BCUT2D eigenvalue weighted by molar-refractivity contribution is 5.76. The van der Waals surface area contributed by atoms with Crippen molar-refractivity contribution in [1.82, 2.24) is 4.90 Å². The number of nitrogens with zero attached hydrogens (tertiary/aromatic N) is 1. The molecule has 3 rings (SSSR count). The average molecular weight is 369 g/mol. The lowest BCUT2D eigenvalue weighted by atomic mass is 9.83. The summed E-state index contributed by atoms with van der Waals surface area (Å²) >= 11 is 0. The number of aryl methyl sites for hydroxylation is 2. The van der Waals surface area contributed by atoms with Gasteiger partial charge in [0.1, 0.15) is 11.8 Å². The van der Waals surface area contributed by atoms with Crippen LogP contribution < -0.4 is 4.74 Å². The summed E-state index contributed by atoms with van der Waals surface area (Å²) in [4.78, 5) is 14.0. The lowest BCUT2D eigenvalue weighted by Crippen LogP contribution is -2.46. The van der Waals surface area contributed by atoms with Crippen LogP contribution in [-0.2, 0) is 10.4 Å². The zero-order valence-corrected chi connectivity index (χ0v) is 16.1. The van der Waals surface area contributed by atoms with Gasteiger partial charge in [0.25, 0.3) is 0 Å². The molecule has 1 aliphatic heterocycles. The van der Waals surface area contributed by atoms with Crippen LogP contribution in [0.15, 0.2) is 42.5 Å². The number of carbonyl (C=O) groups is 1. The van der Waals surface area contributed by atoms with Gasteiger partial charge >= 0.3 is 5.97 Å². The predicted octanol–water partition coefficient (Wildman–Crippen LogP) is 3.42. The van der Waals surface area contributed by atoms with Gasteiger partial charge < -0.3 is 14.9 Å². The molecular weight excluding hydrogens is 342 g/mol. The first kappa shape index (κ1) is 19.4. The van der Waals surface area contributed by atoms with Crippen LogP contribution in [-0.4, -0.2) is 41.3 Å². The summed E-state index contributed by atoms with van der Waals surface area (Å²) in [6.45, 7) is 4.90. The van der Waals surface area contributed by atoms with Crippen molar-refractivity contribution in [1.29, 1.82) is 0 Å². The molecule has 1 fully saturated rings. The molecule has 0 aromatic heterocycles. The molecule has 0 spiro atoms. The van der Waals surface area contributed by atoms with Crippen LogP contribution in [0.5, 0.6) is 5.75 Å². The van der Waals surface area contributed by atoms with Crippen LogP contribution in [0.3, 0.4) is 0 Å². The second-order valence-electron chi connectivity index (χ2n) is 7.36. The van der Waals surface area contributed by atoms with Crippen molar-refractivity contribution in [3.05, 3.63) is 64.7 Å². The molecule has 1 atom stereocenters. The monoisotopic (exact) mass is 369 g/mol. The first-order valence-corrected chi connectivity index (χ1v) is 9.25. The van der Waals surface area contributed by atoms with E-state index in [1.54, 1.807) is 7.11 Å². The number of carboxylic acid groups (broad SMARTS) is 1. The molecule has 2 aromatic carbocycles. The van der Waals surface area contributed by atoms with Crippen LogP contribution in [0.4, 0.5) is 0 Å². The summed E-state index contributed by atoms with van der Waals surface area (Å²) < 4.78 is 5.40. The molecular formula is C22H27NO4. The molecule has 2 aromatic rings. The number of likely N-dealkylation sites (tertiary alicyclic amines) is 1. The molecule has 0 amide bonds. The van der Waals surface area contributed by atoms with Crippen LogP contribution in [0.2, 0.25) is 0 Å². The molecule has 0 aliphatic carbocycles. The summed E-state index contributed by atoms with van der Waals surface area (Å²) in [5.41, 5.74) is 2.61. The zero-order chi connectivity index (χ0) is 19.6. The van der Waals surface area contributed by atoms with E-state index in [9.17, 15) is 15.0 Å². The lowest BCUT2D eigenvalue weighted by Gasteiger charge is -2.41. The number of carboxylic acids is 1. The number of benzene rings is 2. The Morgan fingerprint density at radius 2 is 1.67 bits per heavy atom. The minimum Gasteiger partial charge on any atom is -0.496 e. The van der Waals surface area contributed by atoms with Crippen molar-refractivity contribution in [2.75, 3.05) is 20.2 Å². The maximum Gasteiger partial charge on any atom is 0.325 e. The molecule has 144 valence electrons. The quantitative estimate of drug-likeness (QED) is 0.845. The number of methoxy groups -OCH3 is 1. The summed E-state index contributed by atoms with van der Waals surface area (Å²) in [5, 5.41) is 20.9. The highest BCUT2D eigenvalue weighted by Gasteiger charge is 2.38. The minimum absolute atomic E-state index is 0.509. The third-order valence-corrected chi connectivity index (χ3v) is 5.54. The van der Waals surface area contributed by atoms with Crippen LogP contribution in [0.25, 0.3) is 0 Å². The van der Waals surface area contributed by atoms with Gasteiger partial charge in [-0.2, -0.15) is 0 Å². The largest absolute Gasteiger partial charge is 0.496 e. The van der Waals surface area contributed by atoms with Crippen molar-refractivity contribution in [2.45, 2.75) is 38.3 Å². The van der Waals surface area contributed by atoms with E-state index < -0.39 is 17.6 Å². The first-order chi connectivity index (χ1) is 12.9. The van der Waals surface area contributed by atoms with Crippen LogP contribution >= 0.6 is 0 Å². The van der Waals surface area contributed by atoms with E-state index in [4.69, 9.17) is 4.74 Å². The lowest BCUT2D eigenvalue weighted by molar-refractivity contribution is -0.146. The molecule has 2 N–H and O–H groups in total. The van der Waals surface area contributed by atoms with Gasteiger partial charge in [0, 0.05) is 13.1 Å². The standard InChI is InChI=1S/C22H27NO4/c1-15-13-17(14-16(2)20(15)27-3)19(21(24)25)23-11-9-22(26,10-12-23)18-7-5-4-6-8-18/h4-8,13-14,19,26H,9-12H2,1-3H3,(H,24,25). The van der Waals surface area contributed by atoms with Crippen LogP contribution in [0.1, 0.15) is 41.1 Å². The van der Waals surface area contributed by atoms with Crippen molar-refractivity contribution >= 4 is 5.97 Å². The number of rotatable bonds is 5. The number of hydrogen-bond donors (Lipinski definition) is 2. The fraction of sp³-hybridized carbons (Fsp3) is 0.409. The van der Waals surface area contributed by atoms with Gasteiger partial charge in [-0.05, 0) is 48.9 Å². The zero-order valence-electron chi connectivity index (χ0n) is 16.1. The van der Waals surface area contributed by atoms with Crippen molar-refractivity contribution in [3.63, 3.8) is 0 Å². The fourth-order valence-corrected chi connectivity index (χ4v) is 4.16. The number of piperidine rings is 1. The first-order valence-electron chi connectivity index (χ1n) is 9.25. The molecule has 27 heavy (non-hydrogen) atoms. The second-order valence-corrected chi connectivity index (χ2v) is 7.36. The Kier molecular flexibility index (Phi) is 5.53. The molecule has 1 unspecified atom stereocenters. The molecule has 5 heteroatoms. The summed E-state index contributed by atoms with van der Waals surface area (Å²) in [7, 11) is 1.62. The molecule has 1 aliphatic rings. The molecule has 0 saturated carbocycles. The predicted molar refractivity (Wildman–Crippen MR) is 104 cm³/mol. The summed E-state index contributed by atoms with van der Waals surface area (Å²) in [6.07, 6.45) is 1.02. The number of ether oxygens (including phenoxy) is 1. The highest BCUT2D eigenvalue weighted by Crippen LogP contribution is 2.37. The van der Waals surface area contributed by atoms with E-state index in [0.29, 0.717) is 25.9 Å². The van der Waals surface area contributed by atoms with Gasteiger partial charge in [0.15, 0.2) is 0 Å². The average Bonchev–Trinajstić information content (AvgIpc) is 2.64. The molecule has 0 bridgehead atoms. The van der Waals surface area contributed by atoms with Crippen molar-refractivity contribution < 1.29 is 19.7 Å². The van der Waals surface area contributed by atoms with Crippen LogP contribution in [0, 0.1) is 13.8 Å². The molecule has 0 radical (unpaired) electrons. The smallest absolute Gasteiger partial charge is 0.325 e. The van der Waals surface area contributed by atoms with Gasteiger partial charge in [-0.3, -0.25) is 9.69 Å². The Morgan fingerprint density at radius 1 is 1.11 bits per heavy atom. The molecule has 5 nitrogen and oxygen atoms in total. The third-order valence-electron chi connectivity index (χ3n) is 5.54. The van der Waals surface area contributed by atoms with Crippen molar-refractivity contribution in [2.24, 2.45) is 0 Å². The topological polar surface area (TPSA) is 70.0 Å². The molecule has 1 heterocycles. The van der Waals surface area contributed by atoms with Crippen molar-refractivity contribution in [3.8, 4) is 5.75 Å². The Hall–Kier alpha value is -2.37. The van der Waals surface area contributed by atoms with E-state index in [0.717, 1.165) is 28.0 Å². The maximum atomic E-state index is 12.1. The van der Waals surface area contributed by atoms with Gasteiger partial charge in [-0.25, -0.2) is 0 Å². The van der Waals surface area contributed by atoms with E-state index >= 15 is 0 Å². The summed E-state index contributed by atoms with van der Waals surface area (Å²) in [5.74, 6) is -0.0795. The normalized spacial score (nSPS) is 18.1. The number of aliphatic hydroxyl groups is 1. The number of hydrogen-bond acceptors (Lipinski definition) is 4. The van der Waals surface area contributed by atoms with E-state index in [-0.39, 0.29) is 0 Å². The van der Waals surface area contributed by atoms with E-state index in [1.165, 1.54) is 0 Å². The fourth-order valence-electron chi connectivity index (χ4n) is 4.16. The Balaban J connectivity index is 1.83.